The van der Waals surface area contributed by atoms with E-state index in [9.17, 15) is 13.2 Å². The quantitative estimate of drug-likeness (QED) is 0.848. The monoisotopic (exact) mass is 338 g/mol. The minimum absolute atomic E-state index is 0.00203. The van der Waals surface area contributed by atoms with Gasteiger partial charge in [-0.2, -0.15) is 4.31 Å². The van der Waals surface area contributed by atoms with Gasteiger partial charge in [-0.05, 0) is 31.9 Å². The molecule has 2 atom stereocenters. The van der Waals surface area contributed by atoms with Crippen LogP contribution < -0.4 is 0 Å². The third-order valence-electron chi connectivity index (χ3n) is 4.31. The maximum absolute atomic E-state index is 13.1. The molecule has 0 unspecified atom stereocenters. The Bertz CT molecular complexity index is 668. The van der Waals surface area contributed by atoms with Crippen molar-refractivity contribution in [1.82, 2.24) is 9.21 Å². The Balaban J connectivity index is 2.44. The second kappa shape index (κ2) is 6.61. The van der Waals surface area contributed by atoms with Gasteiger partial charge < -0.3 is 4.90 Å². The predicted molar refractivity (Wildman–Crippen MR) is 90.3 cm³/mol. The molecule has 0 saturated carbocycles. The molecule has 0 aromatic heterocycles. The van der Waals surface area contributed by atoms with Gasteiger partial charge in [0.2, 0.25) is 15.9 Å². The highest BCUT2D eigenvalue weighted by molar-refractivity contribution is 7.89. The summed E-state index contributed by atoms with van der Waals surface area (Å²) in [5, 5.41) is 0. The molecule has 1 aliphatic heterocycles. The fourth-order valence-electron chi connectivity index (χ4n) is 3.17. The summed E-state index contributed by atoms with van der Waals surface area (Å²) >= 11 is 0. The average molecular weight is 338 g/mol. The van der Waals surface area contributed by atoms with Crippen molar-refractivity contribution in [1.29, 1.82) is 0 Å². The second-order valence-corrected chi connectivity index (χ2v) is 8.44. The highest BCUT2D eigenvalue weighted by Gasteiger charge is 2.46. The van der Waals surface area contributed by atoms with Gasteiger partial charge in [0.05, 0.1) is 4.90 Å². The topological polar surface area (TPSA) is 57.7 Å². The van der Waals surface area contributed by atoms with Gasteiger partial charge in [0, 0.05) is 19.0 Å². The predicted octanol–water partition coefficient (Wildman–Crippen LogP) is 2.61. The lowest BCUT2D eigenvalue weighted by atomic mass is 10.1. The van der Waals surface area contributed by atoms with Gasteiger partial charge in [-0.25, -0.2) is 8.42 Å². The molecular weight excluding hydrogens is 312 g/mol. The average Bonchev–Trinajstić information content (AvgIpc) is 2.85. The standard InChI is InChI=1S/C17H26N2O3S/c1-6-16(20)19-14(5)11-18(17(19)12(2)3)23(21,22)15-9-7-13(4)8-10-15/h7-10,12,14,17H,6,11H2,1-5H3/t14-,17+/m1/s1. The fourth-order valence-corrected chi connectivity index (χ4v) is 4.96. The van der Waals surface area contributed by atoms with Crippen molar-refractivity contribution in [2.75, 3.05) is 6.54 Å². The number of carbonyl (C=O) groups is 1. The third-order valence-corrected chi connectivity index (χ3v) is 6.16. The van der Waals surface area contributed by atoms with Crippen LogP contribution in [0.15, 0.2) is 29.2 Å². The molecule has 23 heavy (non-hydrogen) atoms. The van der Waals surface area contributed by atoms with E-state index in [-0.39, 0.29) is 22.8 Å². The number of amides is 1. The lowest BCUT2D eigenvalue weighted by Gasteiger charge is -2.33. The number of rotatable bonds is 4. The van der Waals surface area contributed by atoms with E-state index in [1.807, 2.05) is 34.6 Å². The summed E-state index contributed by atoms with van der Waals surface area (Å²) in [6.45, 7) is 9.89. The van der Waals surface area contributed by atoms with Crippen LogP contribution in [0.4, 0.5) is 0 Å². The first-order valence-corrected chi connectivity index (χ1v) is 9.53. The van der Waals surface area contributed by atoms with Gasteiger partial charge in [0.1, 0.15) is 6.17 Å². The second-order valence-electron chi connectivity index (χ2n) is 6.55. The summed E-state index contributed by atoms with van der Waals surface area (Å²) in [7, 11) is -3.62. The summed E-state index contributed by atoms with van der Waals surface area (Å²) < 4.78 is 27.6. The van der Waals surface area contributed by atoms with Gasteiger partial charge >= 0.3 is 0 Å². The normalized spacial score (nSPS) is 22.8. The van der Waals surface area contributed by atoms with Gasteiger partial charge in [0.25, 0.3) is 0 Å². The van der Waals surface area contributed by atoms with E-state index in [1.54, 1.807) is 29.2 Å². The molecule has 128 valence electrons. The zero-order chi connectivity index (χ0) is 17.4. The molecule has 1 aliphatic rings. The largest absolute Gasteiger partial charge is 0.322 e. The molecule has 1 saturated heterocycles. The molecular formula is C17H26N2O3S. The minimum Gasteiger partial charge on any atom is -0.322 e. The Hall–Kier alpha value is -1.40. The first-order valence-electron chi connectivity index (χ1n) is 8.09. The molecule has 0 N–H and O–H groups in total. The summed E-state index contributed by atoms with van der Waals surface area (Å²) in [6, 6.07) is 6.75. The molecule has 0 spiro atoms. The van der Waals surface area contributed by atoms with E-state index in [0.29, 0.717) is 13.0 Å². The fraction of sp³-hybridized carbons (Fsp3) is 0.588. The van der Waals surface area contributed by atoms with Gasteiger partial charge in [-0.3, -0.25) is 4.79 Å². The molecule has 1 heterocycles. The van der Waals surface area contributed by atoms with Crippen LogP contribution in [0.2, 0.25) is 0 Å². The van der Waals surface area contributed by atoms with E-state index in [1.165, 1.54) is 4.31 Å². The molecule has 0 aliphatic carbocycles. The summed E-state index contributed by atoms with van der Waals surface area (Å²) in [4.78, 5) is 14.3. The molecule has 1 fully saturated rings. The molecule has 1 aromatic rings. The van der Waals surface area contributed by atoms with Crippen molar-refractivity contribution in [3.8, 4) is 0 Å². The number of hydrogen-bond donors (Lipinski definition) is 0. The van der Waals surface area contributed by atoms with Crippen molar-refractivity contribution >= 4 is 15.9 Å². The zero-order valence-electron chi connectivity index (χ0n) is 14.5. The third kappa shape index (κ3) is 3.28. The van der Waals surface area contributed by atoms with E-state index in [2.05, 4.69) is 0 Å². The molecule has 5 nitrogen and oxygen atoms in total. The van der Waals surface area contributed by atoms with Crippen LogP contribution in [0.25, 0.3) is 0 Å². The van der Waals surface area contributed by atoms with E-state index >= 15 is 0 Å². The van der Waals surface area contributed by atoms with Gasteiger partial charge in [-0.1, -0.05) is 38.5 Å². The van der Waals surface area contributed by atoms with Crippen molar-refractivity contribution in [3.05, 3.63) is 29.8 Å². The van der Waals surface area contributed by atoms with E-state index in [0.717, 1.165) is 5.56 Å². The summed E-state index contributed by atoms with van der Waals surface area (Å²) in [5.74, 6) is 0.0217. The van der Waals surface area contributed by atoms with Crippen LogP contribution in [-0.4, -0.2) is 42.3 Å². The minimum atomic E-state index is -3.62. The first kappa shape index (κ1) is 17.9. The Morgan fingerprint density at radius 3 is 2.30 bits per heavy atom. The van der Waals surface area contributed by atoms with Gasteiger partial charge in [0.15, 0.2) is 0 Å². The number of sulfonamides is 1. The smallest absolute Gasteiger partial charge is 0.244 e. The summed E-state index contributed by atoms with van der Waals surface area (Å²) in [5.41, 5.74) is 1.02. The molecule has 2 rings (SSSR count). The van der Waals surface area contributed by atoms with Crippen LogP contribution in [0.5, 0.6) is 0 Å². The highest BCUT2D eigenvalue weighted by atomic mass is 32.2. The lowest BCUT2D eigenvalue weighted by Crippen LogP contribution is -2.48. The van der Waals surface area contributed by atoms with Crippen molar-refractivity contribution in [2.24, 2.45) is 5.92 Å². The molecule has 0 bridgehead atoms. The van der Waals surface area contributed by atoms with Gasteiger partial charge in [-0.15, -0.1) is 0 Å². The maximum Gasteiger partial charge on any atom is 0.244 e. The number of benzene rings is 1. The molecule has 1 amide bonds. The Labute approximate surface area is 139 Å². The number of aryl methyl sites for hydroxylation is 1. The Kier molecular flexibility index (Phi) is 5.16. The Morgan fingerprint density at radius 1 is 1.26 bits per heavy atom. The van der Waals surface area contributed by atoms with Crippen molar-refractivity contribution in [3.63, 3.8) is 0 Å². The van der Waals surface area contributed by atoms with Crippen molar-refractivity contribution < 1.29 is 13.2 Å². The number of hydrogen-bond acceptors (Lipinski definition) is 3. The number of carbonyl (C=O) groups excluding carboxylic acids is 1. The number of nitrogens with zero attached hydrogens (tertiary/aromatic N) is 2. The van der Waals surface area contributed by atoms with Crippen LogP contribution in [0.3, 0.4) is 0 Å². The van der Waals surface area contributed by atoms with E-state index in [4.69, 9.17) is 0 Å². The van der Waals surface area contributed by atoms with E-state index < -0.39 is 16.2 Å². The Morgan fingerprint density at radius 2 is 1.83 bits per heavy atom. The molecule has 0 radical (unpaired) electrons. The van der Waals surface area contributed by atoms with Crippen molar-refractivity contribution in [2.45, 2.75) is 58.1 Å². The highest BCUT2D eigenvalue weighted by Crippen LogP contribution is 2.32. The van der Waals surface area contributed by atoms with Crippen LogP contribution in [0, 0.1) is 12.8 Å². The summed E-state index contributed by atoms with van der Waals surface area (Å²) in [6.07, 6.45) is -0.0461. The zero-order valence-corrected chi connectivity index (χ0v) is 15.3. The lowest BCUT2D eigenvalue weighted by molar-refractivity contribution is -0.135. The maximum atomic E-state index is 13.1. The SMILES string of the molecule is CCC(=O)N1[C@H](C)CN(S(=O)(=O)c2ccc(C)cc2)[C@@H]1C(C)C. The van der Waals surface area contributed by atoms with Crippen LogP contribution in [0.1, 0.15) is 39.7 Å². The molecule has 1 aromatic carbocycles. The van der Waals surface area contributed by atoms with Crippen LogP contribution in [-0.2, 0) is 14.8 Å². The molecule has 6 heteroatoms. The van der Waals surface area contributed by atoms with Crippen LogP contribution >= 0.6 is 0 Å². The first-order chi connectivity index (χ1) is 10.7.